The summed E-state index contributed by atoms with van der Waals surface area (Å²) in [7, 11) is 1.76. The highest BCUT2D eigenvalue weighted by atomic mass is 79.9. The van der Waals surface area contributed by atoms with Gasteiger partial charge in [-0.25, -0.2) is 0 Å². The first-order valence-electron chi connectivity index (χ1n) is 4.86. The molecule has 1 saturated carbocycles. The fraction of sp³-hybridized carbons (Fsp3) is 0.364. The molecule has 0 unspecified atom stereocenters. The van der Waals surface area contributed by atoms with Gasteiger partial charge in [-0.15, -0.1) is 0 Å². The first-order valence-corrected chi connectivity index (χ1v) is 5.65. The number of likely N-dealkylation sites (N-methyl/N-ethyl adjacent to an activating group) is 1. The lowest BCUT2D eigenvalue weighted by Gasteiger charge is -2.22. The molecule has 0 bridgehead atoms. The van der Waals surface area contributed by atoms with Crippen molar-refractivity contribution in [2.24, 2.45) is 5.73 Å². The van der Waals surface area contributed by atoms with E-state index in [1.165, 1.54) is 0 Å². The first kappa shape index (κ1) is 10.6. The normalized spacial score (nSPS) is 17.3. The fourth-order valence-corrected chi connectivity index (χ4v) is 2.07. The van der Waals surface area contributed by atoms with Gasteiger partial charge >= 0.3 is 0 Å². The van der Waals surface area contributed by atoms with Crippen LogP contribution in [0.2, 0.25) is 0 Å². The third kappa shape index (κ3) is 1.92. The lowest BCUT2D eigenvalue weighted by Crippen LogP contribution is -2.44. The number of hydrogen-bond donors (Lipinski definition) is 1. The van der Waals surface area contributed by atoms with E-state index in [0.717, 1.165) is 23.0 Å². The van der Waals surface area contributed by atoms with Crippen LogP contribution in [0.25, 0.3) is 0 Å². The minimum atomic E-state index is -0.607. The van der Waals surface area contributed by atoms with Crippen molar-refractivity contribution in [1.29, 1.82) is 0 Å². The molecule has 3 nitrogen and oxygen atoms in total. The average molecular weight is 269 g/mol. The SMILES string of the molecule is CN(C(=O)C1(N)CC1)c1ccccc1Br. The van der Waals surface area contributed by atoms with Gasteiger partial charge in [-0.05, 0) is 40.9 Å². The van der Waals surface area contributed by atoms with E-state index in [4.69, 9.17) is 5.73 Å². The Hall–Kier alpha value is -0.870. The van der Waals surface area contributed by atoms with Crippen LogP contribution >= 0.6 is 15.9 Å². The maximum atomic E-state index is 12.0. The highest BCUT2D eigenvalue weighted by molar-refractivity contribution is 9.10. The molecular weight excluding hydrogens is 256 g/mol. The van der Waals surface area contributed by atoms with Crippen LogP contribution < -0.4 is 10.6 Å². The Balaban J connectivity index is 2.24. The second-order valence-corrected chi connectivity index (χ2v) is 4.83. The number of carbonyl (C=O) groups excluding carboxylic acids is 1. The van der Waals surface area contributed by atoms with Gasteiger partial charge < -0.3 is 10.6 Å². The predicted octanol–water partition coefficient (Wildman–Crippen LogP) is 1.90. The summed E-state index contributed by atoms with van der Waals surface area (Å²) in [5.74, 6) is -0.00519. The number of carbonyl (C=O) groups is 1. The maximum Gasteiger partial charge on any atom is 0.246 e. The van der Waals surface area contributed by atoms with Crippen molar-refractivity contribution in [3.05, 3.63) is 28.7 Å². The number of anilines is 1. The van der Waals surface area contributed by atoms with E-state index in [1.54, 1.807) is 11.9 Å². The van der Waals surface area contributed by atoms with E-state index in [9.17, 15) is 4.79 Å². The Morgan fingerprint density at radius 1 is 1.47 bits per heavy atom. The van der Waals surface area contributed by atoms with Gasteiger partial charge in [0.15, 0.2) is 0 Å². The molecule has 4 heteroatoms. The van der Waals surface area contributed by atoms with Crippen molar-refractivity contribution < 1.29 is 4.79 Å². The summed E-state index contributed by atoms with van der Waals surface area (Å²) in [5, 5.41) is 0. The molecule has 1 aliphatic carbocycles. The van der Waals surface area contributed by atoms with Crippen molar-refractivity contribution in [3.8, 4) is 0 Å². The highest BCUT2D eigenvalue weighted by Gasteiger charge is 2.47. The lowest BCUT2D eigenvalue weighted by atomic mass is 10.2. The van der Waals surface area contributed by atoms with E-state index in [0.29, 0.717) is 0 Å². The van der Waals surface area contributed by atoms with Crippen molar-refractivity contribution in [2.75, 3.05) is 11.9 Å². The molecule has 2 N–H and O–H groups in total. The fourth-order valence-electron chi connectivity index (χ4n) is 1.52. The lowest BCUT2D eigenvalue weighted by molar-refractivity contribution is -0.120. The maximum absolute atomic E-state index is 12.0. The summed E-state index contributed by atoms with van der Waals surface area (Å²) in [5.41, 5.74) is 6.13. The molecule has 0 aliphatic heterocycles. The zero-order chi connectivity index (χ0) is 11.1. The van der Waals surface area contributed by atoms with Crippen LogP contribution in [0.3, 0.4) is 0 Å². The summed E-state index contributed by atoms with van der Waals surface area (Å²) in [4.78, 5) is 13.6. The number of nitrogens with two attached hydrogens (primary N) is 1. The topological polar surface area (TPSA) is 46.3 Å². The smallest absolute Gasteiger partial charge is 0.246 e. The van der Waals surface area contributed by atoms with Crippen LogP contribution in [-0.2, 0) is 4.79 Å². The summed E-state index contributed by atoms with van der Waals surface area (Å²) in [6.45, 7) is 0. The Kier molecular flexibility index (Phi) is 2.56. The number of halogens is 1. The summed E-state index contributed by atoms with van der Waals surface area (Å²) < 4.78 is 0.908. The van der Waals surface area contributed by atoms with Crippen LogP contribution in [0.15, 0.2) is 28.7 Å². The number of benzene rings is 1. The minimum Gasteiger partial charge on any atom is -0.317 e. The van der Waals surface area contributed by atoms with Gasteiger partial charge in [0.05, 0.1) is 11.2 Å². The monoisotopic (exact) mass is 268 g/mol. The van der Waals surface area contributed by atoms with Crippen molar-refractivity contribution in [2.45, 2.75) is 18.4 Å². The number of para-hydroxylation sites is 1. The van der Waals surface area contributed by atoms with Gasteiger partial charge in [0.1, 0.15) is 0 Å². The van der Waals surface area contributed by atoms with E-state index in [2.05, 4.69) is 15.9 Å². The van der Waals surface area contributed by atoms with E-state index in [1.807, 2.05) is 24.3 Å². The number of nitrogens with zero attached hydrogens (tertiary/aromatic N) is 1. The molecule has 80 valence electrons. The van der Waals surface area contributed by atoms with Crippen molar-refractivity contribution in [3.63, 3.8) is 0 Å². The molecule has 1 aromatic carbocycles. The van der Waals surface area contributed by atoms with Gasteiger partial charge in [-0.3, -0.25) is 4.79 Å². The molecule has 15 heavy (non-hydrogen) atoms. The number of hydrogen-bond acceptors (Lipinski definition) is 2. The van der Waals surface area contributed by atoms with Crippen LogP contribution in [0.5, 0.6) is 0 Å². The second kappa shape index (κ2) is 3.61. The Labute approximate surface area is 97.4 Å². The summed E-state index contributed by atoms with van der Waals surface area (Å²) in [6, 6.07) is 7.63. The molecule has 0 heterocycles. The van der Waals surface area contributed by atoms with Gasteiger partial charge in [-0.1, -0.05) is 12.1 Å². The third-order valence-corrected chi connectivity index (χ3v) is 3.40. The summed E-state index contributed by atoms with van der Waals surface area (Å²) in [6.07, 6.45) is 1.58. The van der Waals surface area contributed by atoms with Gasteiger partial charge in [0.2, 0.25) is 5.91 Å². The van der Waals surface area contributed by atoms with Gasteiger partial charge in [0, 0.05) is 11.5 Å². The van der Waals surface area contributed by atoms with Crippen LogP contribution in [0, 0.1) is 0 Å². The van der Waals surface area contributed by atoms with Crippen LogP contribution in [0.1, 0.15) is 12.8 Å². The molecule has 0 radical (unpaired) electrons. The standard InChI is InChI=1S/C11H13BrN2O/c1-14(10(15)11(13)6-7-11)9-5-3-2-4-8(9)12/h2-5H,6-7,13H2,1H3. The average Bonchev–Trinajstić information content (AvgIpc) is 2.96. The molecule has 1 aliphatic rings. The molecule has 0 spiro atoms. The molecule has 1 aromatic rings. The largest absolute Gasteiger partial charge is 0.317 e. The summed E-state index contributed by atoms with van der Waals surface area (Å²) >= 11 is 3.42. The number of amides is 1. The molecule has 0 aromatic heterocycles. The van der Waals surface area contributed by atoms with Crippen LogP contribution in [0.4, 0.5) is 5.69 Å². The van der Waals surface area contributed by atoms with E-state index >= 15 is 0 Å². The Bertz CT molecular complexity index is 401. The molecule has 0 atom stereocenters. The van der Waals surface area contributed by atoms with Gasteiger partial charge in [0.25, 0.3) is 0 Å². The van der Waals surface area contributed by atoms with E-state index in [-0.39, 0.29) is 5.91 Å². The second-order valence-electron chi connectivity index (χ2n) is 3.97. The Morgan fingerprint density at radius 2 is 2.07 bits per heavy atom. The zero-order valence-electron chi connectivity index (χ0n) is 8.53. The zero-order valence-corrected chi connectivity index (χ0v) is 10.1. The molecule has 0 saturated heterocycles. The molecule has 2 rings (SSSR count). The van der Waals surface area contributed by atoms with Gasteiger partial charge in [-0.2, -0.15) is 0 Å². The molecular formula is C11H13BrN2O. The van der Waals surface area contributed by atoms with Crippen LogP contribution in [-0.4, -0.2) is 18.5 Å². The molecule has 1 amide bonds. The minimum absolute atomic E-state index is 0.00519. The first-order chi connectivity index (χ1) is 7.04. The predicted molar refractivity (Wildman–Crippen MR) is 63.7 cm³/mol. The molecule has 1 fully saturated rings. The van der Waals surface area contributed by atoms with E-state index < -0.39 is 5.54 Å². The van der Waals surface area contributed by atoms with Crippen molar-refractivity contribution in [1.82, 2.24) is 0 Å². The highest BCUT2D eigenvalue weighted by Crippen LogP contribution is 2.36. The van der Waals surface area contributed by atoms with Crippen molar-refractivity contribution >= 4 is 27.5 Å². The number of rotatable bonds is 2. The Morgan fingerprint density at radius 3 is 2.60 bits per heavy atom. The quantitative estimate of drug-likeness (QED) is 0.891. The third-order valence-electron chi connectivity index (χ3n) is 2.73.